The predicted molar refractivity (Wildman–Crippen MR) is 163 cm³/mol. The maximum absolute atomic E-state index is 13.1. The van der Waals surface area contributed by atoms with Gasteiger partial charge in [-0.1, -0.05) is 77.5 Å². The normalized spacial score (nSPS) is 11.0. The Labute approximate surface area is 234 Å². The second kappa shape index (κ2) is 19.4. The van der Waals surface area contributed by atoms with Gasteiger partial charge in [0.1, 0.15) is 21.6 Å². The van der Waals surface area contributed by atoms with Crippen molar-refractivity contribution >= 4 is 40.8 Å². The van der Waals surface area contributed by atoms with Crippen LogP contribution in [0.1, 0.15) is 97.2 Å². The molecule has 1 heterocycles. The van der Waals surface area contributed by atoms with Gasteiger partial charge in [-0.25, -0.2) is 9.97 Å². The first-order valence-electron chi connectivity index (χ1n) is 14.3. The van der Waals surface area contributed by atoms with Gasteiger partial charge in [0.2, 0.25) is 5.91 Å². The number of unbranched alkanes of at least 4 members (excludes halogenated alkanes) is 6. The van der Waals surface area contributed by atoms with Crippen LogP contribution in [0, 0.1) is 6.92 Å². The van der Waals surface area contributed by atoms with E-state index in [1.165, 1.54) is 57.1 Å². The van der Waals surface area contributed by atoms with Crippen molar-refractivity contribution in [2.75, 3.05) is 34.8 Å². The summed E-state index contributed by atoms with van der Waals surface area (Å²) in [7, 11) is 0. The van der Waals surface area contributed by atoms with Crippen molar-refractivity contribution in [1.29, 1.82) is 0 Å². The first-order chi connectivity index (χ1) is 18.1. The van der Waals surface area contributed by atoms with Gasteiger partial charge in [0.05, 0.1) is 0 Å². The molecular formula is C30H48N4OS2. The Morgan fingerprint density at radius 3 is 1.92 bits per heavy atom. The second-order valence-corrected chi connectivity index (χ2v) is 11.7. The molecule has 2 aromatic rings. The molecule has 0 unspecified atom stereocenters. The van der Waals surface area contributed by atoms with Crippen molar-refractivity contribution in [3.63, 3.8) is 0 Å². The monoisotopic (exact) mass is 544 g/mol. The average molecular weight is 545 g/mol. The number of thioether (sulfide) groups is 2. The number of aromatic nitrogens is 2. The first-order valence-corrected chi connectivity index (χ1v) is 16.3. The number of hydrogen-bond donors (Lipinski definition) is 1. The van der Waals surface area contributed by atoms with Crippen LogP contribution in [0.5, 0.6) is 0 Å². The summed E-state index contributed by atoms with van der Waals surface area (Å²) in [6, 6.07) is 10.5. The van der Waals surface area contributed by atoms with E-state index in [0.717, 1.165) is 59.0 Å². The number of hydrogen-bond acceptors (Lipinski definition) is 6. The topological polar surface area (TPSA) is 58.1 Å². The van der Waals surface area contributed by atoms with Crippen molar-refractivity contribution in [1.82, 2.24) is 9.97 Å². The molecule has 1 N–H and O–H groups in total. The molecule has 0 aliphatic rings. The van der Waals surface area contributed by atoms with Crippen LogP contribution in [0.15, 0.2) is 40.4 Å². The van der Waals surface area contributed by atoms with E-state index in [4.69, 9.17) is 9.97 Å². The highest BCUT2D eigenvalue weighted by Crippen LogP contribution is 2.35. The molecule has 2 rings (SSSR count). The lowest BCUT2D eigenvalue weighted by Crippen LogP contribution is -2.26. The largest absolute Gasteiger partial charge is 0.372 e. The van der Waals surface area contributed by atoms with E-state index in [1.807, 2.05) is 13.0 Å². The molecule has 0 fully saturated rings. The van der Waals surface area contributed by atoms with Crippen LogP contribution in [0.25, 0.3) is 0 Å². The predicted octanol–water partition coefficient (Wildman–Crippen LogP) is 8.77. The number of nitrogens with one attached hydrogen (secondary N) is 1. The van der Waals surface area contributed by atoms with Crippen LogP contribution < -0.4 is 10.2 Å². The summed E-state index contributed by atoms with van der Waals surface area (Å²) >= 11 is 3.52. The average Bonchev–Trinajstić information content (AvgIpc) is 2.90. The Kier molecular flexibility index (Phi) is 16.5. The van der Waals surface area contributed by atoms with Crippen LogP contribution in [0.4, 0.5) is 11.4 Å². The van der Waals surface area contributed by atoms with Crippen LogP contribution in [0.3, 0.4) is 0 Å². The summed E-state index contributed by atoms with van der Waals surface area (Å²) in [6.07, 6.45) is 12.2. The summed E-state index contributed by atoms with van der Waals surface area (Å²) < 4.78 is 0. The maximum atomic E-state index is 13.1. The number of aryl methyl sites for hydroxylation is 1. The lowest BCUT2D eigenvalue weighted by molar-refractivity contribution is -0.116. The molecule has 0 atom stereocenters. The van der Waals surface area contributed by atoms with Gasteiger partial charge in [-0.3, -0.25) is 4.79 Å². The minimum atomic E-state index is 0.0534. The minimum Gasteiger partial charge on any atom is -0.372 e. The Balaban J connectivity index is 2.04. The Hall–Kier alpha value is -1.73. The molecule has 1 aromatic heterocycles. The fourth-order valence-electron chi connectivity index (χ4n) is 4.14. The third-order valence-electron chi connectivity index (χ3n) is 6.14. The van der Waals surface area contributed by atoms with Gasteiger partial charge in [0.25, 0.3) is 0 Å². The SMILES string of the molecule is CCCCCCSc1nc(C)nc(SCCCCCC)c1NC(=O)CCCN(CCC)c1ccccc1. The van der Waals surface area contributed by atoms with Gasteiger partial charge < -0.3 is 10.2 Å². The van der Waals surface area contributed by atoms with Crippen LogP contribution in [-0.2, 0) is 4.79 Å². The molecular weight excluding hydrogens is 496 g/mol. The highest BCUT2D eigenvalue weighted by atomic mass is 32.2. The lowest BCUT2D eigenvalue weighted by atomic mass is 10.2. The van der Waals surface area contributed by atoms with E-state index in [1.54, 1.807) is 23.5 Å². The molecule has 0 bridgehead atoms. The Morgan fingerprint density at radius 2 is 1.38 bits per heavy atom. The number of nitrogens with zero attached hydrogens (tertiary/aromatic N) is 3. The number of carbonyl (C=O) groups is 1. The van der Waals surface area contributed by atoms with E-state index in [-0.39, 0.29) is 5.91 Å². The molecule has 37 heavy (non-hydrogen) atoms. The standard InChI is InChI=1S/C30H48N4OS2/c1-5-8-10-15-23-36-29-28(30(32-25(4)31-29)37-24-16-11-9-6-2)33-27(35)20-17-22-34(21-7-3)26-18-13-12-14-19-26/h12-14,18-19H,5-11,15-17,20-24H2,1-4H3,(H,33,35). The van der Waals surface area contributed by atoms with Gasteiger partial charge >= 0.3 is 0 Å². The molecule has 5 nitrogen and oxygen atoms in total. The number of benzene rings is 1. The first kappa shape index (κ1) is 31.5. The van der Waals surface area contributed by atoms with Gasteiger partial charge in [-0.05, 0) is 56.2 Å². The number of para-hydroxylation sites is 1. The number of amides is 1. The summed E-state index contributed by atoms with van der Waals surface area (Å²) in [5, 5.41) is 5.08. The zero-order valence-corrected chi connectivity index (χ0v) is 25.2. The molecule has 1 amide bonds. The van der Waals surface area contributed by atoms with Gasteiger partial charge in [-0.2, -0.15) is 0 Å². The highest BCUT2D eigenvalue weighted by Gasteiger charge is 2.17. The Bertz CT molecular complexity index is 859. The van der Waals surface area contributed by atoms with Crippen molar-refractivity contribution < 1.29 is 4.79 Å². The summed E-state index contributed by atoms with van der Waals surface area (Å²) in [6.45, 7) is 10.5. The maximum Gasteiger partial charge on any atom is 0.224 e. The fourth-order valence-corrected chi connectivity index (χ4v) is 6.27. The number of rotatable bonds is 20. The van der Waals surface area contributed by atoms with E-state index in [0.29, 0.717) is 6.42 Å². The third-order valence-corrected chi connectivity index (χ3v) is 8.26. The molecule has 0 radical (unpaired) electrons. The van der Waals surface area contributed by atoms with Crippen LogP contribution >= 0.6 is 23.5 Å². The van der Waals surface area contributed by atoms with E-state index >= 15 is 0 Å². The zero-order valence-electron chi connectivity index (χ0n) is 23.6. The fraction of sp³-hybridized carbons (Fsp3) is 0.633. The summed E-state index contributed by atoms with van der Waals surface area (Å²) in [4.78, 5) is 25.0. The molecule has 0 saturated heterocycles. The molecule has 0 spiro atoms. The molecule has 206 valence electrons. The van der Waals surface area contributed by atoms with E-state index in [2.05, 4.69) is 55.3 Å². The van der Waals surface area contributed by atoms with Crippen molar-refractivity contribution in [2.24, 2.45) is 0 Å². The molecule has 0 saturated carbocycles. The molecule has 0 aliphatic carbocycles. The summed E-state index contributed by atoms with van der Waals surface area (Å²) in [5.74, 6) is 2.87. The zero-order chi connectivity index (χ0) is 26.7. The van der Waals surface area contributed by atoms with Crippen molar-refractivity contribution in [3.05, 3.63) is 36.2 Å². The third kappa shape index (κ3) is 12.6. The highest BCUT2D eigenvalue weighted by molar-refractivity contribution is 8.00. The van der Waals surface area contributed by atoms with Crippen molar-refractivity contribution in [3.8, 4) is 0 Å². The second-order valence-electron chi connectivity index (χ2n) is 9.55. The lowest BCUT2D eigenvalue weighted by Gasteiger charge is -2.24. The number of anilines is 2. The molecule has 1 aromatic carbocycles. The van der Waals surface area contributed by atoms with Gasteiger partial charge in [-0.15, -0.1) is 23.5 Å². The molecule has 0 aliphatic heterocycles. The molecule has 7 heteroatoms. The smallest absolute Gasteiger partial charge is 0.224 e. The van der Waals surface area contributed by atoms with Crippen LogP contribution in [0.2, 0.25) is 0 Å². The van der Waals surface area contributed by atoms with Gasteiger partial charge in [0, 0.05) is 25.2 Å². The van der Waals surface area contributed by atoms with E-state index < -0.39 is 0 Å². The van der Waals surface area contributed by atoms with Crippen LogP contribution in [-0.4, -0.2) is 40.5 Å². The quantitative estimate of drug-likeness (QED) is 0.102. The Morgan fingerprint density at radius 1 is 0.784 bits per heavy atom. The van der Waals surface area contributed by atoms with E-state index in [9.17, 15) is 4.79 Å². The van der Waals surface area contributed by atoms with Gasteiger partial charge in [0.15, 0.2) is 0 Å². The minimum absolute atomic E-state index is 0.0534. The summed E-state index contributed by atoms with van der Waals surface area (Å²) in [5.41, 5.74) is 2.05. The number of carbonyl (C=O) groups excluding carboxylic acids is 1. The van der Waals surface area contributed by atoms with Crippen molar-refractivity contribution in [2.45, 2.75) is 108 Å².